The molecule has 0 saturated carbocycles. The number of hydrogen-bond donors (Lipinski definition) is 1. The molecular formula is C13H23N3. The molecule has 0 aliphatic heterocycles. The van der Waals surface area contributed by atoms with Crippen LogP contribution in [0.25, 0.3) is 0 Å². The number of nitrogens with zero attached hydrogens (tertiary/aromatic N) is 2. The second kappa shape index (κ2) is 4.91. The summed E-state index contributed by atoms with van der Waals surface area (Å²) in [6.45, 7) is 10.5. The quantitative estimate of drug-likeness (QED) is 0.854. The molecule has 0 amide bonds. The molecule has 0 radical (unpaired) electrons. The van der Waals surface area contributed by atoms with E-state index in [1.165, 1.54) is 0 Å². The first kappa shape index (κ1) is 13.1. The fraction of sp³-hybridized carbons (Fsp3) is 0.692. The second-order valence-corrected chi connectivity index (χ2v) is 5.45. The number of rotatable bonds is 3. The number of nitrogens with two attached hydrogens (primary N) is 1. The average molecular weight is 221 g/mol. The van der Waals surface area contributed by atoms with E-state index in [0.717, 1.165) is 30.1 Å². The molecule has 0 aromatic carbocycles. The van der Waals surface area contributed by atoms with E-state index in [0.29, 0.717) is 0 Å². The van der Waals surface area contributed by atoms with Gasteiger partial charge in [-0.2, -0.15) is 0 Å². The van der Waals surface area contributed by atoms with Crippen LogP contribution in [0.5, 0.6) is 0 Å². The van der Waals surface area contributed by atoms with Crippen molar-refractivity contribution in [2.45, 2.75) is 53.5 Å². The van der Waals surface area contributed by atoms with Crippen LogP contribution in [0.4, 0.5) is 0 Å². The normalized spacial score (nSPS) is 13.9. The molecule has 0 aliphatic carbocycles. The molecular weight excluding hydrogens is 198 g/mol. The summed E-state index contributed by atoms with van der Waals surface area (Å²) in [7, 11) is 0. The van der Waals surface area contributed by atoms with Gasteiger partial charge in [-0.15, -0.1) is 0 Å². The van der Waals surface area contributed by atoms with E-state index in [-0.39, 0.29) is 11.5 Å². The lowest BCUT2D eigenvalue weighted by Gasteiger charge is -2.26. The van der Waals surface area contributed by atoms with Gasteiger partial charge in [-0.3, -0.25) is 0 Å². The fourth-order valence-corrected chi connectivity index (χ4v) is 1.57. The molecule has 0 fully saturated rings. The van der Waals surface area contributed by atoms with Gasteiger partial charge < -0.3 is 5.73 Å². The van der Waals surface area contributed by atoms with Crippen molar-refractivity contribution >= 4 is 0 Å². The van der Waals surface area contributed by atoms with Crippen LogP contribution < -0.4 is 5.73 Å². The molecule has 2 N–H and O–H groups in total. The largest absolute Gasteiger partial charge is 0.321 e. The molecule has 1 aromatic heterocycles. The van der Waals surface area contributed by atoms with Gasteiger partial charge in [-0.25, -0.2) is 9.97 Å². The van der Waals surface area contributed by atoms with E-state index in [9.17, 15) is 0 Å². The molecule has 0 bridgehead atoms. The number of hydrogen-bond acceptors (Lipinski definition) is 3. The summed E-state index contributed by atoms with van der Waals surface area (Å²) in [5.74, 6) is 0.774. The first-order valence-electron chi connectivity index (χ1n) is 5.94. The summed E-state index contributed by atoms with van der Waals surface area (Å²) in [6.07, 6.45) is 2.09. The molecule has 3 nitrogen and oxygen atoms in total. The molecule has 3 heteroatoms. The van der Waals surface area contributed by atoms with Gasteiger partial charge in [0.2, 0.25) is 0 Å². The smallest absolute Gasteiger partial charge is 0.146 e. The van der Waals surface area contributed by atoms with E-state index < -0.39 is 0 Å². The lowest BCUT2D eigenvalue weighted by molar-refractivity contribution is 0.314. The zero-order valence-electron chi connectivity index (χ0n) is 11.0. The Kier molecular flexibility index (Phi) is 4.03. The SMILES string of the molecule is CCCc1cc(C)nc(C(N)C(C)(C)C)n1. The van der Waals surface area contributed by atoms with Crippen LogP contribution in [0.3, 0.4) is 0 Å². The molecule has 90 valence electrons. The lowest BCUT2D eigenvalue weighted by Crippen LogP contribution is -2.28. The van der Waals surface area contributed by atoms with Gasteiger partial charge in [0.1, 0.15) is 5.82 Å². The van der Waals surface area contributed by atoms with E-state index in [4.69, 9.17) is 5.73 Å². The third-order valence-electron chi connectivity index (χ3n) is 2.64. The summed E-state index contributed by atoms with van der Waals surface area (Å²) in [5, 5.41) is 0. The van der Waals surface area contributed by atoms with Crippen molar-refractivity contribution in [1.29, 1.82) is 0 Å². The number of aryl methyl sites for hydroxylation is 2. The van der Waals surface area contributed by atoms with Crippen molar-refractivity contribution in [2.75, 3.05) is 0 Å². The van der Waals surface area contributed by atoms with Crippen LogP contribution in [0, 0.1) is 12.3 Å². The lowest BCUT2D eigenvalue weighted by atomic mass is 9.87. The van der Waals surface area contributed by atoms with Gasteiger partial charge in [-0.1, -0.05) is 34.1 Å². The van der Waals surface area contributed by atoms with Gasteiger partial charge >= 0.3 is 0 Å². The summed E-state index contributed by atoms with van der Waals surface area (Å²) >= 11 is 0. The Morgan fingerprint density at radius 1 is 1.31 bits per heavy atom. The minimum Gasteiger partial charge on any atom is -0.321 e. The van der Waals surface area contributed by atoms with Gasteiger partial charge in [0.05, 0.1) is 6.04 Å². The van der Waals surface area contributed by atoms with Crippen LogP contribution in [0.15, 0.2) is 6.07 Å². The van der Waals surface area contributed by atoms with Crippen molar-refractivity contribution in [3.63, 3.8) is 0 Å². The zero-order chi connectivity index (χ0) is 12.3. The van der Waals surface area contributed by atoms with Crippen molar-refractivity contribution in [2.24, 2.45) is 11.1 Å². The minimum atomic E-state index is -0.108. The van der Waals surface area contributed by atoms with Crippen molar-refractivity contribution in [3.8, 4) is 0 Å². The molecule has 1 atom stereocenters. The summed E-state index contributed by atoms with van der Waals surface area (Å²) in [5.41, 5.74) is 8.29. The molecule has 1 aromatic rings. The molecule has 0 saturated heterocycles. The topological polar surface area (TPSA) is 51.8 Å². The maximum atomic E-state index is 6.18. The summed E-state index contributed by atoms with van der Waals surface area (Å²) in [4.78, 5) is 9.00. The third-order valence-corrected chi connectivity index (χ3v) is 2.64. The molecule has 0 spiro atoms. The van der Waals surface area contributed by atoms with Crippen LogP contribution in [0.1, 0.15) is 57.4 Å². The van der Waals surface area contributed by atoms with Gasteiger partial charge in [0, 0.05) is 11.4 Å². The number of aromatic nitrogens is 2. The maximum absolute atomic E-state index is 6.18. The van der Waals surface area contributed by atoms with Crippen LogP contribution in [-0.2, 0) is 6.42 Å². The molecule has 1 unspecified atom stereocenters. The fourth-order valence-electron chi connectivity index (χ4n) is 1.57. The Balaban J connectivity index is 3.04. The summed E-state index contributed by atoms with van der Waals surface area (Å²) < 4.78 is 0. The van der Waals surface area contributed by atoms with E-state index in [2.05, 4.69) is 37.7 Å². The first-order chi connectivity index (χ1) is 7.34. The first-order valence-corrected chi connectivity index (χ1v) is 5.94. The molecule has 1 heterocycles. The molecule has 16 heavy (non-hydrogen) atoms. The van der Waals surface area contributed by atoms with Crippen molar-refractivity contribution < 1.29 is 0 Å². The van der Waals surface area contributed by atoms with Gasteiger partial charge in [0.15, 0.2) is 0 Å². The van der Waals surface area contributed by atoms with E-state index >= 15 is 0 Å². The Labute approximate surface area is 98.5 Å². The average Bonchev–Trinajstić information content (AvgIpc) is 2.14. The zero-order valence-corrected chi connectivity index (χ0v) is 11.0. The summed E-state index contributed by atoms with van der Waals surface area (Å²) in [6, 6.07) is 1.94. The van der Waals surface area contributed by atoms with Crippen molar-refractivity contribution in [1.82, 2.24) is 9.97 Å². The standard InChI is InChI=1S/C13H23N3/c1-6-7-10-8-9(2)15-12(16-10)11(14)13(3,4)5/h8,11H,6-7,14H2,1-5H3. The van der Waals surface area contributed by atoms with Crippen LogP contribution in [0.2, 0.25) is 0 Å². The highest BCUT2D eigenvalue weighted by atomic mass is 14.9. The Morgan fingerprint density at radius 3 is 2.44 bits per heavy atom. The van der Waals surface area contributed by atoms with E-state index in [1.54, 1.807) is 0 Å². The Hall–Kier alpha value is -0.960. The predicted molar refractivity (Wildman–Crippen MR) is 67.1 cm³/mol. The predicted octanol–water partition coefficient (Wildman–Crippen LogP) is 2.78. The minimum absolute atomic E-state index is 0.00270. The second-order valence-electron chi connectivity index (χ2n) is 5.45. The monoisotopic (exact) mass is 221 g/mol. The Morgan fingerprint density at radius 2 is 1.94 bits per heavy atom. The highest BCUT2D eigenvalue weighted by Gasteiger charge is 2.25. The van der Waals surface area contributed by atoms with Crippen molar-refractivity contribution in [3.05, 3.63) is 23.3 Å². The van der Waals surface area contributed by atoms with E-state index in [1.807, 2.05) is 13.0 Å². The molecule has 1 rings (SSSR count). The highest BCUT2D eigenvalue weighted by molar-refractivity contribution is 5.13. The maximum Gasteiger partial charge on any atom is 0.146 e. The third kappa shape index (κ3) is 3.27. The molecule has 0 aliphatic rings. The van der Waals surface area contributed by atoms with Gasteiger partial charge in [-0.05, 0) is 24.8 Å². The van der Waals surface area contributed by atoms with Gasteiger partial charge in [0.25, 0.3) is 0 Å². The highest BCUT2D eigenvalue weighted by Crippen LogP contribution is 2.28. The van der Waals surface area contributed by atoms with Crippen LogP contribution in [-0.4, -0.2) is 9.97 Å². The van der Waals surface area contributed by atoms with Crippen LogP contribution >= 0.6 is 0 Å². The Bertz CT molecular complexity index is 353.